The number of aromatic nitrogens is 2. The first-order chi connectivity index (χ1) is 27.2. The van der Waals surface area contributed by atoms with E-state index in [0.717, 1.165) is 96.1 Å². The molecule has 2 bridgehead atoms. The molecule has 2 aromatic heterocycles. The van der Waals surface area contributed by atoms with Crippen LogP contribution in [0.3, 0.4) is 0 Å². The van der Waals surface area contributed by atoms with E-state index >= 15 is 0 Å². The highest BCUT2D eigenvalue weighted by Crippen LogP contribution is 2.47. The fourth-order valence-corrected chi connectivity index (χ4v) is 9.85. The van der Waals surface area contributed by atoms with E-state index in [1.165, 1.54) is 0 Å². The third kappa shape index (κ3) is 7.61. The van der Waals surface area contributed by atoms with Crippen LogP contribution < -0.4 is 19.5 Å². The summed E-state index contributed by atoms with van der Waals surface area (Å²) in [4.78, 5) is 35.8. The van der Waals surface area contributed by atoms with E-state index in [1.54, 1.807) is 7.11 Å². The number of nitrogens with one attached hydrogen (secondary N) is 1. The van der Waals surface area contributed by atoms with Crippen molar-refractivity contribution in [1.29, 1.82) is 0 Å². The van der Waals surface area contributed by atoms with Gasteiger partial charge in [-0.2, -0.15) is 4.98 Å². The van der Waals surface area contributed by atoms with Gasteiger partial charge in [-0.25, -0.2) is 4.98 Å². The van der Waals surface area contributed by atoms with Crippen molar-refractivity contribution in [2.45, 2.75) is 89.9 Å². The Balaban J connectivity index is 1.00. The summed E-state index contributed by atoms with van der Waals surface area (Å²) >= 11 is 14.1. The van der Waals surface area contributed by atoms with E-state index in [-0.39, 0.29) is 6.10 Å². The highest BCUT2D eigenvalue weighted by molar-refractivity contribution is 6.36. The van der Waals surface area contributed by atoms with Gasteiger partial charge in [0, 0.05) is 60.8 Å². The van der Waals surface area contributed by atoms with Crippen molar-refractivity contribution in [2.24, 2.45) is 11.3 Å². The average Bonchev–Trinajstić information content (AvgIpc) is 3.82. The average molecular weight is 800 g/mol. The molecule has 4 heterocycles. The number of aliphatic carboxylic acids is 1. The molecule has 0 amide bonds. The summed E-state index contributed by atoms with van der Waals surface area (Å²) in [5.74, 6) is 1.35. The van der Waals surface area contributed by atoms with Gasteiger partial charge in [0.1, 0.15) is 16.9 Å². The van der Waals surface area contributed by atoms with Crippen molar-refractivity contribution in [1.82, 2.24) is 20.2 Å². The maximum absolute atomic E-state index is 12.2. The summed E-state index contributed by atoms with van der Waals surface area (Å²) < 4.78 is 18.3. The van der Waals surface area contributed by atoms with Crippen molar-refractivity contribution in [2.75, 3.05) is 26.8 Å². The summed E-state index contributed by atoms with van der Waals surface area (Å²) in [7, 11) is 1.63. The number of rotatable bonds is 14. The number of Topliss-reactive ketones (excluding diaryl/α,β-unsaturated/α-hetero) is 1. The zero-order valence-corrected chi connectivity index (χ0v) is 33.4. The highest BCUT2D eigenvalue weighted by Gasteiger charge is 2.49. The molecule has 2 aliphatic heterocycles. The quantitative estimate of drug-likeness (QED) is 0.128. The number of fused-ring (bicyclic) bond motifs is 4. The largest absolute Gasteiger partial charge is 0.481 e. The standard InChI is InChI=1S/C44H48Cl2N4O6/c1-3-55-41-28(24-50-25-44(43(52)53)18-16-29(50)17-19-44)21-36(45)42(49-41)56-38-15-13-32-31(6-4-7-33(32)38)34-8-5-9-35(39(34)46)37-14-11-27(40(48-37)54-2)23-47-22-26-10-12-30(51)20-26/h4-9,11,14,21,26,29,38,47H,3,10,12-13,15-20,22-25H2,1-2H3,(H,52,53)/t26-,29?,38+,44?/m1/s1. The fourth-order valence-electron chi connectivity index (χ4n) is 9.30. The van der Waals surface area contributed by atoms with Crippen LogP contribution in [0.15, 0.2) is 54.6 Å². The first-order valence-electron chi connectivity index (χ1n) is 19.8. The minimum Gasteiger partial charge on any atom is -0.481 e. The molecule has 4 fully saturated rings. The molecule has 2 aromatic carbocycles. The number of carbonyl (C=O) groups excluding carboxylic acids is 1. The van der Waals surface area contributed by atoms with Gasteiger partial charge in [0.15, 0.2) is 0 Å². The predicted octanol–water partition coefficient (Wildman–Crippen LogP) is 8.88. The second kappa shape index (κ2) is 16.3. The van der Waals surface area contributed by atoms with E-state index in [0.29, 0.717) is 84.5 Å². The molecular weight excluding hydrogens is 751 g/mol. The molecular formula is C44H48Cl2N4O6. The minimum absolute atomic E-state index is 0.272. The molecule has 2 N–H and O–H groups in total. The van der Waals surface area contributed by atoms with E-state index in [9.17, 15) is 14.7 Å². The Bertz CT molecular complexity index is 2140. The van der Waals surface area contributed by atoms with Gasteiger partial charge in [-0.15, -0.1) is 0 Å². The van der Waals surface area contributed by atoms with Gasteiger partial charge in [-0.1, -0.05) is 65.7 Å². The monoisotopic (exact) mass is 798 g/mol. The van der Waals surface area contributed by atoms with Gasteiger partial charge in [0.2, 0.25) is 17.6 Å². The molecule has 5 aliphatic rings. The van der Waals surface area contributed by atoms with Crippen LogP contribution in [0.25, 0.3) is 22.4 Å². The second-order valence-electron chi connectivity index (χ2n) is 15.7. The van der Waals surface area contributed by atoms with Crippen molar-refractivity contribution < 1.29 is 28.9 Å². The van der Waals surface area contributed by atoms with Crippen LogP contribution in [-0.2, 0) is 29.1 Å². The molecule has 12 heteroatoms. The predicted molar refractivity (Wildman–Crippen MR) is 216 cm³/mol. The van der Waals surface area contributed by atoms with Crippen LogP contribution in [0.2, 0.25) is 10.0 Å². The first kappa shape index (κ1) is 38.6. The number of hydrogen-bond donors (Lipinski definition) is 2. The van der Waals surface area contributed by atoms with Gasteiger partial charge < -0.3 is 24.6 Å². The number of benzene rings is 2. The van der Waals surface area contributed by atoms with Crippen LogP contribution in [0.4, 0.5) is 0 Å². The van der Waals surface area contributed by atoms with Crippen LogP contribution in [-0.4, -0.2) is 64.6 Å². The van der Waals surface area contributed by atoms with E-state index < -0.39 is 11.4 Å². The Morgan fingerprint density at radius 2 is 1.73 bits per heavy atom. The lowest BCUT2D eigenvalue weighted by molar-refractivity contribution is -0.160. The molecule has 0 spiro atoms. The maximum atomic E-state index is 12.2. The number of hydrogen-bond acceptors (Lipinski definition) is 9. The third-order valence-corrected chi connectivity index (χ3v) is 13.0. The Morgan fingerprint density at radius 1 is 0.946 bits per heavy atom. The number of ether oxygens (including phenoxy) is 3. The molecule has 2 atom stereocenters. The molecule has 3 aliphatic carbocycles. The summed E-state index contributed by atoms with van der Waals surface area (Å²) in [6.45, 7) is 4.77. The number of methoxy groups -OCH3 is 1. The van der Waals surface area contributed by atoms with E-state index in [1.807, 2.05) is 49.4 Å². The van der Waals surface area contributed by atoms with Gasteiger partial charge >= 0.3 is 5.97 Å². The first-order valence-corrected chi connectivity index (χ1v) is 20.6. The Morgan fingerprint density at radius 3 is 2.48 bits per heavy atom. The van der Waals surface area contributed by atoms with Crippen LogP contribution >= 0.6 is 23.2 Å². The Labute approximate surface area is 337 Å². The highest BCUT2D eigenvalue weighted by atomic mass is 35.5. The Hall–Kier alpha value is -4.22. The number of carboxylic acid groups (broad SMARTS) is 1. The molecule has 2 saturated carbocycles. The van der Waals surface area contributed by atoms with Gasteiger partial charge in [-0.3, -0.25) is 14.5 Å². The van der Waals surface area contributed by atoms with E-state index in [4.69, 9.17) is 47.4 Å². The molecule has 9 rings (SSSR count). The number of nitrogens with zero attached hydrogens (tertiary/aromatic N) is 3. The number of halogens is 2. The zero-order valence-electron chi connectivity index (χ0n) is 31.9. The molecule has 4 aromatic rings. The minimum atomic E-state index is -0.705. The number of pyridine rings is 2. The summed E-state index contributed by atoms with van der Waals surface area (Å²) in [6.07, 6.45) is 6.74. The summed E-state index contributed by atoms with van der Waals surface area (Å²) in [5, 5.41) is 14.5. The molecule has 0 unspecified atom stereocenters. The number of ketones is 1. The lowest BCUT2D eigenvalue weighted by Gasteiger charge is -2.50. The van der Waals surface area contributed by atoms with Crippen LogP contribution in [0, 0.1) is 11.3 Å². The molecule has 10 nitrogen and oxygen atoms in total. The maximum Gasteiger partial charge on any atom is 0.310 e. The van der Waals surface area contributed by atoms with Gasteiger partial charge in [-0.05, 0) is 93.2 Å². The molecule has 0 radical (unpaired) electrons. The lowest BCUT2D eigenvalue weighted by Crippen LogP contribution is -2.56. The van der Waals surface area contributed by atoms with Crippen LogP contribution in [0.5, 0.6) is 17.6 Å². The fraction of sp³-hybridized carbons (Fsp3) is 0.455. The summed E-state index contributed by atoms with van der Waals surface area (Å²) in [5.41, 5.74) is 6.79. The normalized spacial score (nSPS) is 23.0. The summed E-state index contributed by atoms with van der Waals surface area (Å²) in [6, 6.07) is 18.4. The van der Waals surface area contributed by atoms with Crippen molar-refractivity contribution in [3.05, 3.63) is 86.9 Å². The third-order valence-electron chi connectivity index (χ3n) is 12.3. The SMILES string of the molecule is CCOc1nc(O[C@H]2CCc3c(-c4cccc(-c5ccc(CNC[C@@H]6CCC(=O)C6)c(OC)n5)c4Cl)cccc32)c(Cl)cc1CN1CC2(C(=O)O)CCC1CC2. The second-order valence-corrected chi connectivity index (χ2v) is 16.5. The molecule has 294 valence electrons. The van der Waals surface area contributed by atoms with Crippen molar-refractivity contribution in [3.63, 3.8) is 0 Å². The topological polar surface area (TPSA) is 123 Å². The lowest BCUT2D eigenvalue weighted by atomic mass is 9.67. The Kier molecular flexibility index (Phi) is 11.3. The van der Waals surface area contributed by atoms with Crippen molar-refractivity contribution >= 4 is 35.0 Å². The van der Waals surface area contributed by atoms with E-state index in [2.05, 4.69) is 22.3 Å². The van der Waals surface area contributed by atoms with Gasteiger partial charge in [0.05, 0.1) is 29.8 Å². The molecule has 2 saturated heterocycles. The van der Waals surface area contributed by atoms with Crippen molar-refractivity contribution in [3.8, 4) is 40.0 Å². The smallest absolute Gasteiger partial charge is 0.310 e. The number of piperidine rings is 2. The zero-order chi connectivity index (χ0) is 39.0. The molecule has 56 heavy (non-hydrogen) atoms. The van der Waals surface area contributed by atoms with Crippen LogP contribution in [0.1, 0.15) is 86.6 Å². The number of carboxylic acids is 1. The van der Waals surface area contributed by atoms with Gasteiger partial charge in [0.25, 0.3) is 0 Å². The number of carbonyl (C=O) groups is 2.